The molecule has 23 heavy (non-hydrogen) atoms. The van der Waals surface area contributed by atoms with Crippen LogP contribution in [-0.2, 0) is 13.0 Å². The molecule has 2 amide bonds. The fraction of sp³-hybridized carbons (Fsp3) is 0.267. The van der Waals surface area contributed by atoms with Crippen molar-refractivity contribution in [2.75, 3.05) is 11.9 Å². The molecule has 1 aromatic heterocycles. The molecule has 2 N–H and O–H groups in total. The lowest BCUT2D eigenvalue weighted by atomic mass is 10.3. The Morgan fingerprint density at radius 1 is 1.26 bits per heavy atom. The molecule has 0 saturated heterocycles. The van der Waals surface area contributed by atoms with Crippen molar-refractivity contribution >= 4 is 11.7 Å². The molecule has 2 aromatic rings. The Hall–Kier alpha value is -2.77. The maximum absolute atomic E-state index is 13.0. The van der Waals surface area contributed by atoms with Gasteiger partial charge in [-0.05, 0) is 18.6 Å². The number of aromatic nitrogens is 2. The lowest BCUT2D eigenvalue weighted by Gasteiger charge is -2.09. The highest BCUT2D eigenvalue weighted by Crippen LogP contribution is 2.12. The van der Waals surface area contributed by atoms with Gasteiger partial charge in [-0.3, -0.25) is 9.36 Å². The van der Waals surface area contributed by atoms with E-state index in [4.69, 9.17) is 0 Å². The molecule has 0 aliphatic rings. The topological polar surface area (TPSA) is 76.0 Å². The van der Waals surface area contributed by atoms with Crippen LogP contribution in [0.2, 0.25) is 0 Å². The molecule has 0 spiro atoms. The Morgan fingerprint density at radius 2 is 2.04 bits per heavy atom. The summed E-state index contributed by atoms with van der Waals surface area (Å²) >= 11 is 0. The Labute approximate surface area is 131 Å². The summed E-state index contributed by atoms with van der Waals surface area (Å²) in [5.74, 6) is -2.03. The van der Waals surface area contributed by atoms with Crippen molar-refractivity contribution in [2.24, 2.45) is 0 Å². The van der Waals surface area contributed by atoms with Crippen LogP contribution in [0.15, 0.2) is 35.4 Å². The minimum Gasteiger partial charge on any atom is -0.336 e. The van der Waals surface area contributed by atoms with Crippen molar-refractivity contribution < 1.29 is 13.6 Å². The summed E-state index contributed by atoms with van der Waals surface area (Å²) < 4.78 is 27.2. The number of carbonyl (C=O) groups excluding carboxylic acids is 1. The van der Waals surface area contributed by atoms with Crippen LogP contribution in [0.3, 0.4) is 0 Å². The van der Waals surface area contributed by atoms with Gasteiger partial charge in [0.2, 0.25) is 0 Å². The van der Waals surface area contributed by atoms with Gasteiger partial charge in [-0.25, -0.2) is 18.6 Å². The number of aryl methyl sites for hydroxylation is 1. The number of benzene rings is 1. The predicted molar refractivity (Wildman–Crippen MR) is 81.3 cm³/mol. The van der Waals surface area contributed by atoms with E-state index in [1.807, 2.05) is 6.92 Å². The summed E-state index contributed by atoms with van der Waals surface area (Å²) in [7, 11) is 0. The first-order valence-electron chi connectivity index (χ1n) is 7.05. The number of amides is 2. The van der Waals surface area contributed by atoms with Crippen LogP contribution in [0.5, 0.6) is 0 Å². The van der Waals surface area contributed by atoms with E-state index in [-0.39, 0.29) is 24.3 Å². The molecule has 0 saturated carbocycles. The van der Waals surface area contributed by atoms with Crippen molar-refractivity contribution in [1.82, 2.24) is 14.9 Å². The van der Waals surface area contributed by atoms with Gasteiger partial charge < -0.3 is 10.6 Å². The summed E-state index contributed by atoms with van der Waals surface area (Å²) in [6.45, 7) is 2.33. The summed E-state index contributed by atoms with van der Waals surface area (Å²) in [5, 5.41) is 4.89. The fourth-order valence-electron chi connectivity index (χ4n) is 1.86. The normalized spacial score (nSPS) is 10.4. The molecule has 8 heteroatoms. The number of halogens is 2. The highest BCUT2D eigenvalue weighted by molar-refractivity contribution is 5.89. The average molecular weight is 322 g/mol. The quantitative estimate of drug-likeness (QED) is 0.883. The fourth-order valence-corrected chi connectivity index (χ4v) is 1.86. The Kier molecular flexibility index (Phi) is 5.40. The van der Waals surface area contributed by atoms with Crippen LogP contribution >= 0.6 is 0 Å². The lowest BCUT2D eigenvalue weighted by molar-refractivity contribution is 0.251. The van der Waals surface area contributed by atoms with Crippen LogP contribution in [-0.4, -0.2) is 22.1 Å². The van der Waals surface area contributed by atoms with E-state index < -0.39 is 17.7 Å². The van der Waals surface area contributed by atoms with Gasteiger partial charge >= 0.3 is 6.03 Å². The first-order valence-corrected chi connectivity index (χ1v) is 7.05. The lowest BCUT2D eigenvalue weighted by Crippen LogP contribution is -2.33. The van der Waals surface area contributed by atoms with Crippen molar-refractivity contribution in [3.63, 3.8) is 0 Å². The molecule has 122 valence electrons. The van der Waals surface area contributed by atoms with Gasteiger partial charge in [0.1, 0.15) is 0 Å². The molecule has 6 nitrogen and oxygen atoms in total. The largest absolute Gasteiger partial charge is 0.336 e. The molecule has 0 aliphatic carbocycles. The molecule has 0 aliphatic heterocycles. The van der Waals surface area contributed by atoms with E-state index in [2.05, 4.69) is 15.6 Å². The zero-order valence-electron chi connectivity index (χ0n) is 12.5. The number of hydrogen-bond acceptors (Lipinski definition) is 3. The molecule has 1 aromatic carbocycles. The number of nitrogens with zero attached hydrogens (tertiary/aromatic N) is 2. The van der Waals surface area contributed by atoms with E-state index in [0.717, 1.165) is 12.1 Å². The second kappa shape index (κ2) is 7.48. The number of nitrogens with one attached hydrogen (secondary N) is 2. The van der Waals surface area contributed by atoms with Crippen molar-refractivity contribution in [3.8, 4) is 0 Å². The van der Waals surface area contributed by atoms with Gasteiger partial charge in [-0.15, -0.1) is 0 Å². The Balaban J connectivity index is 1.85. The number of urea groups is 1. The zero-order valence-corrected chi connectivity index (χ0v) is 12.5. The van der Waals surface area contributed by atoms with Crippen LogP contribution < -0.4 is 16.2 Å². The third-order valence-corrected chi connectivity index (χ3v) is 3.11. The summed E-state index contributed by atoms with van der Waals surface area (Å²) in [5.41, 5.74) is 0.641. The van der Waals surface area contributed by atoms with Crippen LogP contribution in [0, 0.1) is 11.6 Å². The summed E-state index contributed by atoms with van der Waals surface area (Å²) in [4.78, 5) is 27.5. The van der Waals surface area contributed by atoms with E-state index in [1.165, 1.54) is 23.0 Å². The van der Waals surface area contributed by atoms with Gasteiger partial charge in [-0.2, -0.15) is 0 Å². The van der Waals surface area contributed by atoms with E-state index in [0.29, 0.717) is 12.1 Å². The molecule has 2 rings (SSSR count). The Morgan fingerprint density at radius 3 is 2.70 bits per heavy atom. The highest BCUT2D eigenvalue weighted by atomic mass is 19.2. The number of hydrogen-bond donors (Lipinski definition) is 2. The second-order valence-electron chi connectivity index (χ2n) is 4.78. The smallest absolute Gasteiger partial charge is 0.319 e. The molecule has 0 fully saturated rings. The molecule has 1 heterocycles. The first kappa shape index (κ1) is 16.6. The zero-order chi connectivity index (χ0) is 16.8. The van der Waals surface area contributed by atoms with Gasteiger partial charge in [0.15, 0.2) is 11.6 Å². The standard InChI is InChI=1S/C15H16F2N4O2/c1-2-10-8-14(22)21(9-19-10)6-5-18-15(23)20-11-3-4-12(16)13(17)7-11/h3-4,7-9H,2,5-6H2,1H3,(H2,18,20,23). The van der Waals surface area contributed by atoms with E-state index in [9.17, 15) is 18.4 Å². The molecule has 0 radical (unpaired) electrons. The molecular weight excluding hydrogens is 306 g/mol. The third-order valence-electron chi connectivity index (χ3n) is 3.11. The van der Waals surface area contributed by atoms with Gasteiger partial charge in [-0.1, -0.05) is 6.92 Å². The van der Waals surface area contributed by atoms with Crippen molar-refractivity contribution in [3.05, 3.63) is 58.3 Å². The SMILES string of the molecule is CCc1cc(=O)n(CCNC(=O)Nc2ccc(F)c(F)c2)cn1. The van der Waals surface area contributed by atoms with Crippen LogP contribution in [0.4, 0.5) is 19.3 Å². The molecule has 0 atom stereocenters. The number of carbonyl (C=O) groups is 1. The monoisotopic (exact) mass is 322 g/mol. The third kappa shape index (κ3) is 4.60. The van der Waals surface area contributed by atoms with E-state index in [1.54, 1.807) is 0 Å². The summed E-state index contributed by atoms with van der Waals surface area (Å²) in [6.07, 6.45) is 2.10. The number of anilines is 1. The highest BCUT2D eigenvalue weighted by Gasteiger charge is 2.06. The Bertz CT molecular complexity index is 761. The maximum atomic E-state index is 13.0. The maximum Gasteiger partial charge on any atom is 0.319 e. The predicted octanol–water partition coefficient (Wildman–Crippen LogP) is 1.91. The summed E-state index contributed by atoms with van der Waals surface area (Å²) in [6, 6.07) is 3.91. The van der Waals surface area contributed by atoms with Crippen LogP contribution in [0.1, 0.15) is 12.6 Å². The molecule has 0 bridgehead atoms. The van der Waals surface area contributed by atoms with Crippen LogP contribution in [0.25, 0.3) is 0 Å². The molecular formula is C15H16F2N4O2. The average Bonchev–Trinajstić information content (AvgIpc) is 2.52. The van der Waals surface area contributed by atoms with Gasteiger partial charge in [0, 0.05) is 36.6 Å². The minimum atomic E-state index is -1.04. The number of rotatable bonds is 5. The van der Waals surface area contributed by atoms with Gasteiger partial charge in [0.25, 0.3) is 5.56 Å². The molecule has 0 unspecified atom stereocenters. The van der Waals surface area contributed by atoms with E-state index >= 15 is 0 Å². The van der Waals surface area contributed by atoms with Crippen molar-refractivity contribution in [2.45, 2.75) is 19.9 Å². The van der Waals surface area contributed by atoms with Crippen molar-refractivity contribution in [1.29, 1.82) is 0 Å². The first-order chi connectivity index (χ1) is 11.0. The second-order valence-corrected chi connectivity index (χ2v) is 4.78. The van der Waals surface area contributed by atoms with Gasteiger partial charge in [0.05, 0.1) is 6.33 Å². The minimum absolute atomic E-state index is 0.132.